The van der Waals surface area contributed by atoms with Crippen molar-refractivity contribution < 1.29 is 9.53 Å². The molecule has 13 heavy (non-hydrogen) atoms. The molecule has 0 atom stereocenters. The average Bonchev–Trinajstić information content (AvgIpc) is 2.17. The predicted octanol–water partition coefficient (Wildman–Crippen LogP) is 1.99. The Bertz CT molecular complexity index is 332. The zero-order valence-electron chi connectivity index (χ0n) is 7.00. The Hall–Kier alpha value is -1.16. The molecule has 68 valence electrons. The molecule has 0 aliphatic heterocycles. The van der Waals surface area contributed by atoms with Crippen LogP contribution in [0.3, 0.4) is 0 Å². The number of methoxy groups -OCH3 is 1. The van der Waals surface area contributed by atoms with Gasteiger partial charge in [0.1, 0.15) is 5.71 Å². The van der Waals surface area contributed by atoms with Gasteiger partial charge in [-0.2, -0.15) is 0 Å². The number of carbonyl (C=O) groups excluding carboxylic acids is 1. The molecule has 0 unspecified atom stereocenters. The van der Waals surface area contributed by atoms with E-state index in [1.165, 1.54) is 7.11 Å². The summed E-state index contributed by atoms with van der Waals surface area (Å²) >= 11 is 3.26. The van der Waals surface area contributed by atoms with Crippen molar-refractivity contribution in [1.29, 1.82) is 5.41 Å². The molecule has 1 N–H and O–H groups in total. The third-order valence-electron chi connectivity index (χ3n) is 1.52. The summed E-state index contributed by atoms with van der Waals surface area (Å²) in [6, 6.07) is 6.91. The zero-order chi connectivity index (χ0) is 9.84. The third kappa shape index (κ3) is 2.39. The summed E-state index contributed by atoms with van der Waals surface area (Å²) in [6.07, 6.45) is 0. The maximum Gasteiger partial charge on any atom is 0.356 e. The van der Waals surface area contributed by atoms with Crippen molar-refractivity contribution in [2.45, 2.75) is 0 Å². The number of rotatable bonds is 2. The van der Waals surface area contributed by atoms with Crippen molar-refractivity contribution in [3.05, 3.63) is 34.3 Å². The quantitative estimate of drug-likeness (QED) is 0.636. The van der Waals surface area contributed by atoms with E-state index in [0.29, 0.717) is 5.56 Å². The van der Waals surface area contributed by atoms with E-state index in [1.54, 1.807) is 24.3 Å². The number of benzene rings is 1. The molecule has 0 bridgehead atoms. The number of hydrogen-bond donors (Lipinski definition) is 1. The highest BCUT2D eigenvalue weighted by atomic mass is 79.9. The average molecular weight is 242 g/mol. The second kappa shape index (κ2) is 4.18. The standard InChI is InChI=1S/C9H8BrNO2/c1-13-9(12)8(11)6-2-4-7(10)5-3-6/h2-5,11H,1H3. The second-order valence-electron chi connectivity index (χ2n) is 2.37. The van der Waals surface area contributed by atoms with Gasteiger partial charge in [-0.15, -0.1) is 0 Å². The van der Waals surface area contributed by atoms with Gasteiger partial charge in [-0.3, -0.25) is 5.41 Å². The topological polar surface area (TPSA) is 50.2 Å². The van der Waals surface area contributed by atoms with Crippen LogP contribution in [0, 0.1) is 5.41 Å². The highest BCUT2D eigenvalue weighted by Crippen LogP contribution is 2.11. The van der Waals surface area contributed by atoms with E-state index in [-0.39, 0.29) is 5.71 Å². The van der Waals surface area contributed by atoms with Crippen molar-refractivity contribution in [3.8, 4) is 0 Å². The molecular weight excluding hydrogens is 234 g/mol. The van der Waals surface area contributed by atoms with Crippen molar-refractivity contribution in [2.24, 2.45) is 0 Å². The van der Waals surface area contributed by atoms with Crippen LogP contribution in [-0.2, 0) is 9.53 Å². The molecule has 0 spiro atoms. The Morgan fingerprint density at radius 1 is 1.38 bits per heavy atom. The van der Waals surface area contributed by atoms with E-state index in [9.17, 15) is 4.79 Å². The molecule has 3 nitrogen and oxygen atoms in total. The summed E-state index contributed by atoms with van der Waals surface area (Å²) in [5, 5.41) is 7.42. The van der Waals surface area contributed by atoms with Crippen molar-refractivity contribution in [2.75, 3.05) is 7.11 Å². The van der Waals surface area contributed by atoms with Crippen molar-refractivity contribution in [3.63, 3.8) is 0 Å². The smallest absolute Gasteiger partial charge is 0.356 e. The van der Waals surface area contributed by atoms with E-state index in [2.05, 4.69) is 20.7 Å². The molecule has 0 radical (unpaired) electrons. The molecule has 1 rings (SSSR count). The van der Waals surface area contributed by atoms with E-state index in [1.807, 2.05) is 0 Å². The first-order valence-corrected chi connectivity index (χ1v) is 4.37. The van der Waals surface area contributed by atoms with Gasteiger partial charge in [0.05, 0.1) is 7.11 Å². The van der Waals surface area contributed by atoms with Crippen molar-refractivity contribution >= 4 is 27.6 Å². The molecule has 0 fully saturated rings. The van der Waals surface area contributed by atoms with Crippen LogP contribution in [0.2, 0.25) is 0 Å². The lowest BCUT2D eigenvalue weighted by molar-refractivity contribution is -0.132. The lowest BCUT2D eigenvalue weighted by atomic mass is 10.1. The fourth-order valence-electron chi connectivity index (χ4n) is 0.836. The minimum absolute atomic E-state index is 0.130. The van der Waals surface area contributed by atoms with Crippen LogP contribution in [0.5, 0.6) is 0 Å². The van der Waals surface area contributed by atoms with Gasteiger partial charge in [-0.05, 0) is 12.1 Å². The first-order chi connectivity index (χ1) is 6.15. The summed E-state index contributed by atoms with van der Waals surface area (Å²) < 4.78 is 5.33. The molecule has 1 aromatic rings. The summed E-state index contributed by atoms with van der Waals surface area (Å²) in [6.45, 7) is 0. The van der Waals surface area contributed by atoms with Crippen LogP contribution in [0.1, 0.15) is 5.56 Å². The van der Waals surface area contributed by atoms with Gasteiger partial charge in [0.25, 0.3) is 0 Å². The van der Waals surface area contributed by atoms with E-state index in [4.69, 9.17) is 5.41 Å². The van der Waals surface area contributed by atoms with Crippen molar-refractivity contribution in [1.82, 2.24) is 0 Å². The first kappa shape index (κ1) is 9.92. The molecule has 0 aromatic heterocycles. The molecule has 0 saturated heterocycles. The van der Waals surface area contributed by atoms with Crippen LogP contribution < -0.4 is 0 Å². The molecule has 0 aliphatic carbocycles. The number of nitrogens with one attached hydrogen (secondary N) is 1. The normalized spacial score (nSPS) is 9.38. The SMILES string of the molecule is COC(=O)C(=N)c1ccc(Br)cc1. The van der Waals surface area contributed by atoms with Gasteiger partial charge < -0.3 is 4.74 Å². The third-order valence-corrected chi connectivity index (χ3v) is 2.05. The second-order valence-corrected chi connectivity index (χ2v) is 3.29. The molecular formula is C9H8BrNO2. The molecule has 4 heteroatoms. The molecule has 1 aromatic carbocycles. The summed E-state index contributed by atoms with van der Waals surface area (Å²) in [5.41, 5.74) is 0.421. The Morgan fingerprint density at radius 2 is 1.92 bits per heavy atom. The Balaban J connectivity index is 2.90. The highest BCUT2D eigenvalue weighted by molar-refractivity contribution is 9.10. The van der Waals surface area contributed by atoms with Gasteiger partial charge in [0.2, 0.25) is 0 Å². The minimum Gasteiger partial charge on any atom is -0.464 e. The van der Waals surface area contributed by atoms with E-state index < -0.39 is 5.97 Å². The zero-order valence-corrected chi connectivity index (χ0v) is 8.59. The lowest BCUT2D eigenvalue weighted by Crippen LogP contribution is -2.15. The number of hydrogen-bond acceptors (Lipinski definition) is 3. The summed E-state index contributed by atoms with van der Waals surface area (Å²) in [7, 11) is 1.26. The van der Waals surface area contributed by atoms with Gasteiger partial charge in [-0.25, -0.2) is 4.79 Å². The Labute approximate surface area is 84.4 Å². The lowest BCUT2D eigenvalue weighted by Gasteiger charge is -2.01. The number of halogens is 1. The van der Waals surface area contributed by atoms with Gasteiger partial charge in [0, 0.05) is 10.0 Å². The fourth-order valence-corrected chi connectivity index (χ4v) is 1.10. The van der Waals surface area contributed by atoms with Crippen LogP contribution in [0.15, 0.2) is 28.7 Å². The molecule has 0 heterocycles. The molecule has 0 aliphatic rings. The fraction of sp³-hybridized carbons (Fsp3) is 0.111. The molecule has 0 amide bonds. The monoisotopic (exact) mass is 241 g/mol. The first-order valence-electron chi connectivity index (χ1n) is 3.58. The number of ether oxygens (including phenoxy) is 1. The summed E-state index contributed by atoms with van der Waals surface area (Å²) in [5.74, 6) is -0.623. The molecule has 0 saturated carbocycles. The van der Waals surface area contributed by atoms with Crippen LogP contribution in [0.4, 0.5) is 0 Å². The maximum atomic E-state index is 10.9. The summed E-state index contributed by atoms with van der Waals surface area (Å²) in [4.78, 5) is 10.9. The van der Waals surface area contributed by atoms with E-state index in [0.717, 1.165) is 4.47 Å². The van der Waals surface area contributed by atoms with Gasteiger partial charge in [-0.1, -0.05) is 28.1 Å². The van der Waals surface area contributed by atoms with E-state index >= 15 is 0 Å². The van der Waals surface area contributed by atoms with Gasteiger partial charge >= 0.3 is 5.97 Å². The minimum atomic E-state index is -0.623. The number of esters is 1. The number of carbonyl (C=O) groups is 1. The predicted molar refractivity (Wildman–Crippen MR) is 53.0 cm³/mol. The van der Waals surface area contributed by atoms with Crippen LogP contribution >= 0.6 is 15.9 Å². The Kier molecular flexibility index (Phi) is 3.19. The van der Waals surface area contributed by atoms with Gasteiger partial charge in [0.15, 0.2) is 0 Å². The van der Waals surface area contributed by atoms with Crippen LogP contribution in [-0.4, -0.2) is 18.8 Å². The highest BCUT2D eigenvalue weighted by Gasteiger charge is 2.10. The van der Waals surface area contributed by atoms with Crippen LogP contribution in [0.25, 0.3) is 0 Å². The maximum absolute atomic E-state index is 10.9. The Morgan fingerprint density at radius 3 is 2.38 bits per heavy atom. The largest absolute Gasteiger partial charge is 0.464 e.